The Morgan fingerprint density at radius 1 is 1.21 bits per heavy atom. The number of allylic oxidation sites excluding steroid dienone is 1. The van der Waals surface area contributed by atoms with Crippen molar-refractivity contribution in [3.63, 3.8) is 0 Å². The van der Waals surface area contributed by atoms with Crippen LogP contribution in [-0.4, -0.2) is 40.2 Å². The molecule has 29 heavy (non-hydrogen) atoms. The number of carbonyl (C=O) groups excluding carboxylic acids is 1. The lowest BCUT2D eigenvalue weighted by atomic mass is 10.2. The Labute approximate surface area is 165 Å². The molecule has 1 aromatic carbocycles. The Bertz CT molecular complexity index is 831. The Kier molecular flexibility index (Phi) is 7.66. The first-order valence-electron chi connectivity index (χ1n) is 8.77. The van der Waals surface area contributed by atoms with Crippen LogP contribution in [0, 0.1) is 0 Å². The van der Waals surface area contributed by atoms with E-state index in [-0.39, 0.29) is 19.0 Å². The van der Waals surface area contributed by atoms with Crippen LogP contribution in [0.1, 0.15) is 31.1 Å². The molecule has 7 nitrogen and oxygen atoms in total. The fraction of sp³-hybridized carbons (Fsp3) is 0.368. The third-order valence-corrected chi connectivity index (χ3v) is 3.63. The molecule has 10 heteroatoms. The lowest BCUT2D eigenvalue weighted by Crippen LogP contribution is -2.15. The van der Waals surface area contributed by atoms with Gasteiger partial charge in [0.15, 0.2) is 6.10 Å². The van der Waals surface area contributed by atoms with Crippen LogP contribution in [0.2, 0.25) is 0 Å². The molecular formula is C19H21F3N2O5. The molecule has 0 aliphatic heterocycles. The van der Waals surface area contributed by atoms with E-state index in [1.54, 1.807) is 19.1 Å². The summed E-state index contributed by atoms with van der Waals surface area (Å²) in [5.74, 6) is -1.77. The van der Waals surface area contributed by atoms with E-state index in [0.717, 1.165) is 5.56 Å². The Morgan fingerprint density at radius 2 is 1.86 bits per heavy atom. The quantitative estimate of drug-likeness (QED) is 0.501. The van der Waals surface area contributed by atoms with Gasteiger partial charge in [-0.25, -0.2) is 4.79 Å². The molecule has 158 valence electrons. The smallest absolute Gasteiger partial charge is 0.452 e. The van der Waals surface area contributed by atoms with Crippen molar-refractivity contribution in [2.24, 2.45) is 0 Å². The molecule has 0 fully saturated rings. The fourth-order valence-electron chi connectivity index (χ4n) is 2.28. The van der Waals surface area contributed by atoms with Crippen molar-refractivity contribution in [1.82, 2.24) is 9.78 Å². The summed E-state index contributed by atoms with van der Waals surface area (Å²) in [6.45, 7) is 3.42. The number of rotatable bonds is 9. The SMILES string of the molecule is CCOC(=O)C(O)c1cnn(Cc2ccc(O/C=C(\OCC)C(F)(F)F)cc2)c1. The first-order chi connectivity index (χ1) is 13.7. The van der Waals surface area contributed by atoms with E-state index < -0.39 is 24.0 Å². The standard InChI is InChI=1S/C19H21F3N2O5/c1-3-27-16(19(20,21)22)12-29-15-7-5-13(6-8-15)10-24-11-14(9-23-24)17(25)18(26)28-4-2/h5-9,11-12,17,25H,3-4,10H2,1-2H3/b16-12-. The summed E-state index contributed by atoms with van der Waals surface area (Å²) in [7, 11) is 0. The predicted octanol–water partition coefficient (Wildman–Crippen LogP) is 3.35. The number of carbonyl (C=O) groups is 1. The van der Waals surface area contributed by atoms with Crippen LogP contribution < -0.4 is 4.74 Å². The molecule has 0 aliphatic rings. The average molecular weight is 414 g/mol. The second kappa shape index (κ2) is 9.97. The van der Waals surface area contributed by atoms with E-state index in [0.29, 0.717) is 18.4 Å². The summed E-state index contributed by atoms with van der Waals surface area (Å²) in [5.41, 5.74) is 1.08. The second-order valence-electron chi connectivity index (χ2n) is 5.80. The molecule has 0 radical (unpaired) electrons. The maximum atomic E-state index is 12.7. The minimum Gasteiger partial charge on any atom is -0.487 e. The van der Waals surface area contributed by atoms with E-state index in [2.05, 4.69) is 9.84 Å². The number of esters is 1. The van der Waals surface area contributed by atoms with Crippen molar-refractivity contribution in [1.29, 1.82) is 0 Å². The van der Waals surface area contributed by atoms with Gasteiger partial charge in [-0.1, -0.05) is 12.1 Å². The zero-order valence-electron chi connectivity index (χ0n) is 15.8. The number of benzene rings is 1. The number of aliphatic hydroxyl groups excluding tert-OH is 1. The highest BCUT2D eigenvalue weighted by Gasteiger charge is 2.36. The second-order valence-corrected chi connectivity index (χ2v) is 5.80. The fourth-order valence-corrected chi connectivity index (χ4v) is 2.28. The van der Waals surface area contributed by atoms with Crippen molar-refractivity contribution >= 4 is 5.97 Å². The van der Waals surface area contributed by atoms with E-state index in [1.807, 2.05) is 0 Å². The molecule has 1 aromatic heterocycles. The van der Waals surface area contributed by atoms with Crippen LogP contribution in [0.25, 0.3) is 0 Å². The van der Waals surface area contributed by atoms with E-state index in [4.69, 9.17) is 9.47 Å². The average Bonchev–Trinajstić information content (AvgIpc) is 3.13. The van der Waals surface area contributed by atoms with Gasteiger partial charge in [-0.3, -0.25) is 4.68 Å². The molecule has 0 saturated heterocycles. The van der Waals surface area contributed by atoms with Gasteiger partial charge in [0.1, 0.15) is 12.0 Å². The summed E-state index contributed by atoms with van der Waals surface area (Å²) >= 11 is 0. The van der Waals surface area contributed by atoms with E-state index in [9.17, 15) is 23.1 Å². The van der Waals surface area contributed by atoms with Gasteiger partial charge in [0.05, 0.1) is 26.0 Å². The number of aromatic nitrogens is 2. The molecular weight excluding hydrogens is 393 g/mol. The normalized spacial score (nSPS) is 13.1. The van der Waals surface area contributed by atoms with Gasteiger partial charge >= 0.3 is 12.1 Å². The lowest BCUT2D eigenvalue weighted by molar-refractivity contribution is -0.153. The molecule has 1 N–H and O–H groups in total. The summed E-state index contributed by atoms with van der Waals surface area (Å²) < 4.78 is 54.0. The number of ether oxygens (including phenoxy) is 3. The number of aliphatic hydroxyl groups is 1. The van der Waals surface area contributed by atoms with Crippen molar-refractivity contribution in [2.75, 3.05) is 13.2 Å². The zero-order valence-corrected chi connectivity index (χ0v) is 15.8. The molecule has 0 saturated carbocycles. The summed E-state index contributed by atoms with van der Waals surface area (Å²) in [4.78, 5) is 11.6. The monoisotopic (exact) mass is 414 g/mol. The maximum absolute atomic E-state index is 12.7. The molecule has 0 bridgehead atoms. The third kappa shape index (κ3) is 6.53. The van der Waals surface area contributed by atoms with Crippen molar-refractivity contribution in [2.45, 2.75) is 32.7 Å². The number of halogens is 3. The van der Waals surface area contributed by atoms with Crippen LogP contribution in [-0.2, 0) is 20.8 Å². The van der Waals surface area contributed by atoms with E-state index >= 15 is 0 Å². The van der Waals surface area contributed by atoms with Crippen molar-refractivity contribution in [3.05, 3.63) is 59.8 Å². The van der Waals surface area contributed by atoms with Crippen molar-refractivity contribution in [3.8, 4) is 5.75 Å². The summed E-state index contributed by atoms with van der Waals surface area (Å²) in [5, 5.41) is 14.0. The Balaban J connectivity index is 2.00. The molecule has 2 rings (SSSR count). The summed E-state index contributed by atoms with van der Waals surface area (Å²) in [6.07, 6.45) is -2.67. The minimum atomic E-state index is -4.64. The maximum Gasteiger partial charge on any atom is 0.452 e. The molecule has 2 aromatic rings. The van der Waals surface area contributed by atoms with Crippen molar-refractivity contribution < 1.29 is 37.3 Å². The number of hydrogen-bond donors (Lipinski definition) is 1. The Morgan fingerprint density at radius 3 is 2.45 bits per heavy atom. The molecule has 0 amide bonds. The first-order valence-corrected chi connectivity index (χ1v) is 8.77. The topological polar surface area (TPSA) is 82.8 Å². The molecule has 0 spiro atoms. The van der Waals surface area contributed by atoms with Gasteiger partial charge in [-0.05, 0) is 31.5 Å². The minimum absolute atomic E-state index is 0.135. The summed E-state index contributed by atoms with van der Waals surface area (Å²) in [6, 6.07) is 6.31. The van der Waals surface area contributed by atoms with Crippen LogP contribution in [0.4, 0.5) is 13.2 Å². The predicted molar refractivity (Wildman–Crippen MR) is 95.8 cm³/mol. The highest BCUT2D eigenvalue weighted by Crippen LogP contribution is 2.27. The zero-order chi connectivity index (χ0) is 21.4. The highest BCUT2D eigenvalue weighted by atomic mass is 19.4. The van der Waals surface area contributed by atoms with Crippen LogP contribution in [0.3, 0.4) is 0 Å². The largest absolute Gasteiger partial charge is 0.487 e. The number of alkyl halides is 3. The first kappa shape index (κ1) is 22.3. The van der Waals surface area contributed by atoms with Crippen LogP contribution in [0.15, 0.2) is 48.7 Å². The molecule has 1 atom stereocenters. The Hall–Kier alpha value is -3.01. The molecule has 1 heterocycles. The van der Waals surface area contributed by atoms with Gasteiger partial charge in [0, 0.05) is 11.8 Å². The van der Waals surface area contributed by atoms with Gasteiger partial charge in [0.2, 0.25) is 5.76 Å². The number of hydrogen-bond acceptors (Lipinski definition) is 6. The third-order valence-electron chi connectivity index (χ3n) is 3.63. The highest BCUT2D eigenvalue weighted by molar-refractivity contribution is 5.75. The van der Waals surface area contributed by atoms with Gasteiger partial charge in [-0.15, -0.1) is 0 Å². The van der Waals surface area contributed by atoms with Gasteiger partial charge < -0.3 is 19.3 Å². The van der Waals surface area contributed by atoms with Crippen LogP contribution >= 0.6 is 0 Å². The number of nitrogens with zero attached hydrogens (tertiary/aromatic N) is 2. The lowest BCUT2D eigenvalue weighted by Gasteiger charge is -2.12. The van der Waals surface area contributed by atoms with Crippen LogP contribution in [0.5, 0.6) is 5.75 Å². The van der Waals surface area contributed by atoms with Gasteiger partial charge in [0.25, 0.3) is 0 Å². The molecule has 0 aliphatic carbocycles. The molecule has 1 unspecified atom stereocenters. The van der Waals surface area contributed by atoms with Gasteiger partial charge in [-0.2, -0.15) is 18.3 Å². The van der Waals surface area contributed by atoms with E-state index in [1.165, 1.54) is 36.1 Å².